The fraction of sp³-hybridized carbons (Fsp3) is 0.381. The number of amides is 1. The van der Waals surface area contributed by atoms with Crippen molar-refractivity contribution < 1.29 is 9.53 Å². The van der Waals surface area contributed by atoms with Gasteiger partial charge in [-0.05, 0) is 43.0 Å². The Kier molecular flexibility index (Phi) is 5.94. The van der Waals surface area contributed by atoms with Gasteiger partial charge in [0.1, 0.15) is 5.75 Å². The molecule has 1 saturated heterocycles. The van der Waals surface area contributed by atoms with Crippen LogP contribution in [0.3, 0.4) is 0 Å². The van der Waals surface area contributed by atoms with Gasteiger partial charge < -0.3 is 15.0 Å². The molecule has 1 aliphatic heterocycles. The monoisotopic (exact) mass is 338 g/mol. The summed E-state index contributed by atoms with van der Waals surface area (Å²) < 4.78 is 5.37. The molecule has 1 N–H and O–H groups in total. The summed E-state index contributed by atoms with van der Waals surface area (Å²) in [4.78, 5) is 14.1. The molecule has 0 aliphatic carbocycles. The second kappa shape index (κ2) is 8.56. The van der Waals surface area contributed by atoms with Crippen LogP contribution in [-0.2, 0) is 17.8 Å². The second-order valence-corrected chi connectivity index (χ2v) is 6.45. The van der Waals surface area contributed by atoms with Gasteiger partial charge in [-0.25, -0.2) is 0 Å². The number of carbonyl (C=O) groups excluding carboxylic acids is 1. The number of likely N-dealkylation sites (tertiary alicyclic amines) is 1. The molecule has 25 heavy (non-hydrogen) atoms. The Morgan fingerprint density at radius 2 is 1.80 bits per heavy atom. The lowest BCUT2D eigenvalue weighted by Crippen LogP contribution is -2.27. The first-order valence-corrected chi connectivity index (χ1v) is 8.99. The quantitative estimate of drug-likeness (QED) is 0.833. The number of nitrogens with zero attached hydrogens (tertiary/aromatic N) is 1. The first kappa shape index (κ1) is 17.3. The Morgan fingerprint density at radius 3 is 2.52 bits per heavy atom. The first-order chi connectivity index (χ1) is 12.3. The number of para-hydroxylation sites is 1. The van der Waals surface area contributed by atoms with Crippen LogP contribution in [0.4, 0.5) is 5.69 Å². The number of nitrogens with one attached hydrogen (secondary N) is 1. The minimum atomic E-state index is 0.288. The average Bonchev–Trinajstić information content (AvgIpc) is 3.20. The van der Waals surface area contributed by atoms with E-state index in [1.54, 1.807) is 7.11 Å². The molecule has 1 amide bonds. The zero-order valence-electron chi connectivity index (χ0n) is 14.8. The summed E-state index contributed by atoms with van der Waals surface area (Å²) in [5.41, 5.74) is 3.40. The Balaban J connectivity index is 1.49. The molecule has 0 atom stereocenters. The number of aryl methyl sites for hydroxylation is 1. The van der Waals surface area contributed by atoms with Crippen molar-refractivity contribution in [1.82, 2.24) is 4.90 Å². The summed E-state index contributed by atoms with van der Waals surface area (Å²) in [6, 6.07) is 16.4. The molecule has 0 unspecified atom stereocenters. The molecule has 0 saturated carbocycles. The predicted octanol–water partition coefficient (Wildman–Crippen LogP) is 3.86. The standard InChI is InChI=1S/C21H26N2O2/c1-25-20-7-3-2-6-18(20)16-22-19-11-8-17(9-12-19)10-13-21(24)23-14-4-5-15-23/h2-3,6-9,11-12,22H,4-5,10,13-16H2,1H3. The van der Waals surface area contributed by atoms with Crippen molar-refractivity contribution >= 4 is 11.6 Å². The normalized spacial score (nSPS) is 13.7. The van der Waals surface area contributed by atoms with E-state index in [1.165, 1.54) is 5.56 Å². The third-order valence-corrected chi connectivity index (χ3v) is 4.72. The molecule has 0 aromatic heterocycles. The molecule has 0 radical (unpaired) electrons. The lowest BCUT2D eigenvalue weighted by atomic mass is 10.1. The van der Waals surface area contributed by atoms with Gasteiger partial charge in [0.15, 0.2) is 0 Å². The van der Waals surface area contributed by atoms with Crippen molar-refractivity contribution in [2.75, 3.05) is 25.5 Å². The van der Waals surface area contributed by atoms with Crippen LogP contribution in [0.2, 0.25) is 0 Å². The number of methoxy groups -OCH3 is 1. The Labute approximate surface area is 149 Å². The molecular weight excluding hydrogens is 312 g/mol. The lowest BCUT2D eigenvalue weighted by molar-refractivity contribution is -0.130. The summed E-state index contributed by atoms with van der Waals surface area (Å²) in [7, 11) is 1.69. The van der Waals surface area contributed by atoms with E-state index in [0.717, 1.165) is 55.9 Å². The van der Waals surface area contributed by atoms with E-state index in [1.807, 2.05) is 23.1 Å². The molecule has 1 heterocycles. The summed E-state index contributed by atoms with van der Waals surface area (Å²) in [6.45, 7) is 2.59. The van der Waals surface area contributed by atoms with Gasteiger partial charge in [0.25, 0.3) is 0 Å². The topological polar surface area (TPSA) is 41.6 Å². The molecule has 3 rings (SSSR count). The van der Waals surface area contributed by atoms with Gasteiger partial charge in [-0.2, -0.15) is 0 Å². The van der Waals surface area contributed by atoms with Crippen molar-refractivity contribution in [3.63, 3.8) is 0 Å². The number of hydrogen-bond donors (Lipinski definition) is 1. The maximum atomic E-state index is 12.1. The van der Waals surface area contributed by atoms with E-state index in [0.29, 0.717) is 6.42 Å². The maximum absolute atomic E-state index is 12.1. The summed E-state index contributed by atoms with van der Waals surface area (Å²) in [5.74, 6) is 1.18. The number of anilines is 1. The number of ether oxygens (including phenoxy) is 1. The number of hydrogen-bond acceptors (Lipinski definition) is 3. The van der Waals surface area contributed by atoms with Crippen molar-refractivity contribution in [2.45, 2.75) is 32.2 Å². The highest BCUT2D eigenvalue weighted by Gasteiger charge is 2.17. The van der Waals surface area contributed by atoms with Crippen molar-refractivity contribution in [3.05, 3.63) is 59.7 Å². The average molecular weight is 338 g/mol. The fourth-order valence-electron chi connectivity index (χ4n) is 3.21. The minimum Gasteiger partial charge on any atom is -0.496 e. The first-order valence-electron chi connectivity index (χ1n) is 8.99. The molecule has 4 nitrogen and oxygen atoms in total. The number of carbonyl (C=O) groups is 1. The molecule has 1 aliphatic rings. The zero-order valence-corrected chi connectivity index (χ0v) is 14.8. The molecule has 0 bridgehead atoms. The second-order valence-electron chi connectivity index (χ2n) is 6.45. The van der Waals surface area contributed by atoms with Gasteiger partial charge in [-0.3, -0.25) is 4.79 Å². The van der Waals surface area contributed by atoms with E-state index in [4.69, 9.17) is 4.74 Å². The lowest BCUT2D eigenvalue weighted by Gasteiger charge is -2.15. The molecule has 4 heteroatoms. The van der Waals surface area contributed by atoms with Gasteiger partial charge in [0, 0.05) is 37.3 Å². The molecule has 2 aromatic rings. The van der Waals surface area contributed by atoms with E-state index in [2.05, 4.69) is 35.6 Å². The van der Waals surface area contributed by atoms with Crippen LogP contribution in [-0.4, -0.2) is 31.0 Å². The zero-order chi connectivity index (χ0) is 17.5. The van der Waals surface area contributed by atoms with E-state index < -0.39 is 0 Å². The third-order valence-electron chi connectivity index (χ3n) is 4.72. The molecule has 132 valence electrons. The summed E-state index contributed by atoms with van der Waals surface area (Å²) in [5, 5.41) is 3.42. The van der Waals surface area contributed by atoms with Crippen LogP contribution in [0.15, 0.2) is 48.5 Å². The van der Waals surface area contributed by atoms with E-state index >= 15 is 0 Å². The van der Waals surface area contributed by atoms with E-state index in [-0.39, 0.29) is 5.91 Å². The predicted molar refractivity (Wildman–Crippen MR) is 101 cm³/mol. The molecular formula is C21H26N2O2. The van der Waals surface area contributed by atoms with Gasteiger partial charge >= 0.3 is 0 Å². The van der Waals surface area contributed by atoms with Crippen molar-refractivity contribution in [2.24, 2.45) is 0 Å². The largest absolute Gasteiger partial charge is 0.496 e. The Bertz CT molecular complexity index is 691. The fourth-order valence-corrected chi connectivity index (χ4v) is 3.21. The van der Waals surface area contributed by atoms with E-state index in [9.17, 15) is 4.79 Å². The highest BCUT2D eigenvalue weighted by atomic mass is 16.5. The van der Waals surface area contributed by atoms with Gasteiger partial charge in [0.05, 0.1) is 7.11 Å². The van der Waals surface area contributed by atoms with Crippen molar-refractivity contribution in [1.29, 1.82) is 0 Å². The number of benzene rings is 2. The van der Waals surface area contributed by atoms with Crippen LogP contribution in [0.25, 0.3) is 0 Å². The smallest absolute Gasteiger partial charge is 0.222 e. The highest BCUT2D eigenvalue weighted by Crippen LogP contribution is 2.19. The van der Waals surface area contributed by atoms with Crippen LogP contribution in [0, 0.1) is 0 Å². The third kappa shape index (κ3) is 4.75. The van der Waals surface area contributed by atoms with Crippen LogP contribution >= 0.6 is 0 Å². The van der Waals surface area contributed by atoms with Crippen LogP contribution in [0.5, 0.6) is 5.75 Å². The summed E-state index contributed by atoms with van der Waals surface area (Å²) in [6.07, 6.45) is 3.72. The summed E-state index contributed by atoms with van der Waals surface area (Å²) >= 11 is 0. The molecule has 2 aromatic carbocycles. The molecule has 1 fully saturated rings. The van der Waals surface area contributed by atoms with Crippen LogP contribution < -0.4 is 10.1 Å². The van der Waals surface area contributed by atoms with Crippen LogP contribution in [0.1, 0.15) is 30.4 Å². The van der Waals surface area contributed by atoms with Gasteiger partial charge in [-0.15, -0.1) is 0 Å². The van der Waals surface area contributed by atoms with Crippen molar-refractivity contribution in [3.8, 4) is 5.75 Å². The van der Waals surface area contributed by atoms with Gasteiger partial charge in [0.2, 0.25) is 5.91 Å². The van der Waals surface area contributed by atoms with Gasteiger partial charge in [-0.1, -0.05) is 30.3 Å². The molecule has 0 spiro atoms. The maximum Gasteiger partial charge on any atom is 0.222 e. The highest BCUT2D eigenvalue weighted by molar-refractivity contribution is 5.76. The minimum absolute atomic E-state index is 0.288. The SMILES string of the molecule is COc1ccccc1CNc1ccc(CCC(=O)N2CCCC2)cc1. The Morgan fingerprint density at radius 1 is 1.08 bits per heavy atom. The Hall–Kier alpha value is -2.49. The number of rotatable bonds is 7.